The molecule has 1 fully saturated rings. The van der Waals surface area contributed by atoms with Gasteiger partial charge in [-0.2, -0.15) is 0 Å². The van der Waals surface area contributed by atoms with Crippen molar-refractivity contribution in [3.63, 3.8) is 0 Å². The van der Waals surface area contributed by atoms with E-state index in [1.807, 2.05) is 0 Å². The SMILES string of the molecule is CCCC(O)C1(CO)CC1. The molecule has 10 heavy (non-hydrogen) atoms. The van der Waals surface area contributed by atoms with Gasteiger partial charge in [0.2, 0.25) is 0 Å². The lowest BCUT2D eigenvalue weighted by Crippen LogP contribution is -2.24. The predicted octanol–water partition coefficient (Wildman–Crippen LogP) is 0.920. The van der Waals surface area contributed by atoms with Crippen LogP contribution in [0.1, 0.15) is 32.6 Å². The van der Waals surface area contributed by atoms with Crippen molar-refractivity contribution in [3.8, 4) is 0 Å². The van der Waals surface area contributed by atoms with Crippen LogP contribution in [0.4, 0.5) is 0 Å². The Hall–Kier alpha value is -0.0800. The van der Waals surface area contributed by atoms with E-state index < -0.39 is 0 Å². The first-order valence-corrected chi connectivity index (χ1v) is 4.04. The highest BCUT2D eigenvalue weighted by Crippen LogP contribution is 2.49. The first kappa shape index (κ1) is 8.02. The third kappa shape index (κ3) is 1.32. The fraction of sp³-hybridized carbons (Fsp3) is 1.00. The highest BCUT2D eigenvalue weighted by atomic mass is 16.3. The third-order valence-electron chi connectivity index (χ3n) is 2.48. The summed E-state index contributed by atoms with van der Waals surface area (Å²) in [5.41, 5.74) is -0.0873. The molecule has 0 heterocycles. The maximum atomic E-state index is 9.48. The molecule has 60 valence electrons. The highest BCUT2D eigenvalue weighted by Gasteiger charge is 2.47. The van der Waals surface area contributed by atoms with Crippen LogP contribution in [0.3, 0.4) is 0 Å². The standard InChI is InChI=1S/C8H16O2/c1-2-3-7(10)8(6-9)4-5-8/h7,9-10H,2-6H2,1H3. The zero-order valence-electron chi connectivity index (χ0n) is 6.51. The van der Waals surface area contributed by atoms with E-state index in [0.717, 1.165) is 25.7 Å². The molecule has 0 aromatic heterocycles. The lowest BCUT2D eigenvalue weighted by Gasteiger charge is -2.18. The molecular formula is C8H16O2. The molecule has 0 amide bonds. The smallest absolute Gasteiger partial charge is 0.0618 e. The van der Waals surface area contributed by atoms with Crippen molar-refractivity contribution in [2.75, 3.05) is 6.61 Å². The molecule has 0 aromatic carbocycles. The van der Waals surface area contributed by atoms with Crippen molar-refractivity contribution >= 4 is 0 Å². The van der Waals surface area contributed by atoms with Gasteiger partial charge >= 0.3 is 0 Å². The fourth-order valence-corrected chi connectivity index (χ4v) is 1.34. The van der Waals surface area contributed by atoms with Crippen LogP contribution >= 0.6 is 0 Å². The molecule has 1 unspecified atom stereocenters. The van der Waals surface area contributed by atoms with Gasteiger partial charge in [0.05, 0.1) is 12.7 Å². The minimum absolute atomic E-state index is 0.0873. The molecule has 1 atom stereocenters. The highest BCUT2D eigenvalue weighted by molar-refractivity contribution is 4.97. The van der Waals surface area contributed by atoms with Gasteiger partial charge in [-0.1, -0.05) is 13.3 Å². The topological polar surface area (TPSA) is 40.5 Å². The Morgan fingerprint density at radius 1 is 1.50 bits per heavy atom. The van der Waals surface area contributed by atoms with Gasteiger partial charge in [0.25, 0.3) is 0 Å². The minimum Gasteiger partial charge on any atom is -0.396 e. The number of aliphatic hydroxyl groups is 2. The van der Waals surface area contributed by atoms with Crippen LogP contribution in [0.25, 0.3) is 0 Å². The molecule has 2 nitrogen and oxygen atoms in total. The minimum atomic E-state index is -0.262. The van der Waals surface area contributed by atoms with E-state index in [-0.39, 0.29) is 18.1 Å². The van der Waals surface area contributed by atoms with Crippen LogP contribution in [-0.2, 0) is 0 Å². The van der Waals surface area contributed by atoms with Crippen LogP contribution in [-0.4, -0.2) is 22.9 Å². The van der Waals surface area contributed by atoms with Crippen molar-refractivity contribution in [2.24, 2.45) is 5.41 Å². The summed E-state index contributed by atoms with van der Waals surface area (Å²) in [5.74, 6) is 0. The second kappa shape index (κ2) is 2.89. The molecule has 0 aromatic rings. The van der Waals surface area contributed by atoms with Crippen molar-refractivity contribution in [3.05, 3.63) is 0 Å². The van der Waals surface area contributed by atoms with E-state index in [4.69, 9.17) is 5.11 Å². The van der Waals surface area contributed by atoms with Gasteiger partial charge in [-0.3, -0.25) is 0 Å². The molecule has 1 saturated carbocycles. The summed E-state index contributed by atoms with van der Waals surface area (Å²) < 4.78 is 0. The molecule has 0 spiro atoms. The maximum absolute atomic E-state index is 9.48. The number of rotatable bonds is 4. The average Bonchev–Trinajstić information content (AvgIpc) is 2.68. The van der Waals surface area contributed by atoms with Crippen molar-refractivity contribution in [1.29, 1.82) is 0 Å². The van der Waals surface area contributed by atoms with Gasteiger partial charge in [0.15, 0.2) is 0 Å². The van der Waals surface area contributed by atoms with Gasteiger partial charge in [0.1, 0.15) is 0 Å². The van der Waals surface area contributed by atoms with Crippen LogP contribution in [0.15, 0.2) is 0 Å². The molecule has 0 aliphatic heterocycles. The first-order chi connectivity index (χ1) is 4.75. The molecular weight excluding hydrogens is 128 g/mol. The Kier molecular flexibility index (Phi) is 2.32. The average molecular weight is 144 g/mol. The summed E-state index contributed by atoms with van der Waals surface area (Å²) in [6, 6.07) is 0. The van der Waals surface area contributed by atoms with Gasteiger partial charge in [0, 0.05) is 5.41 Å². The van der Waals surface area contributed by atoms with Crippen molar-refractivity contribution in [2.45, 2.75) is 38.7 Å². The Morgan fingerprint density at radius 3 is 2.40 bits per heavy atom. The molecule has 0 bridgehead atoms. The molecule has 1 rings (SSSR count). The number of hydrogen-bond acceptors (Lipinski definition) is 2. The lowest BCUT2D eigenvalue weighted by molar-refractivity contribution is 0.0443. The summed E-state index contributed by atoms with van der Waals surface area (Å²) in [6.45, 7) is 2.21. The Balaban J connectivity index is 2.32. The predicted molar refractivity (Wildman–Crippen MR) is 39.7 cm³/mol. The third-order valence-corrected chi connectivity index (χ3v) is 2.48. The van der Waals surface area contributed by atoms with Gasteiger partial charge < -0.3 is 10.2 Å². The zero-order valence-corrected chi connectivity index (χ0v) is 6.51. The Labute approximate surface area is 61.9 Å². The van der Waals surface area contributed by atoms with E-state index in [1.54, 1.807) is 0 Å². The molecule has 2 heteroatoms. The quantitative estimate of drug-likeness (QED) is 0.616. The number of aliphatic hydroxyl groups excluding tert-OH is 2. The zero-order chi connectivity index (χ0) is 7.61. The number of hydrogen-bond donors (Lipinski definition) is 2. The molecule has 1 aliphatic rings. The van der Waals surface area contributed by atoms with E-state index >= 15 is 0 Å². The Bertz CT molecular complexity index is 108. The molecule has 2 N–H and O–H groups in total. The molecule has 1 aliphatic carbocycles. The summed E-state index contributed by atoms with van der Waals surface area (Å²) in [7, 11) is 0. The van der Waals surface area contributed by atoms with Crippen molar-refractivity contribution in [1.82, 2.24) is 0 Å². The van der Waals surface area contributed by atoms with Crippen LogP contribution < -0.4 is 0 Å². The fourth-order valence-electron chi connectivity index (χ4n) is 1.34. The second-order valence-corrected chi connectivity index (χ2v) is 3.32. The summed E-state index contributed by atoms with van der Waals surface area (Å²) in [6.07, 6.45) is 3.58. The summed E-state index contributed by atoms with van der Waals surface area (Å²) >= 11 is 0. The second-order valence-electron chi connectivity index (χ2n) is 3.32. The van der Waals surface area contributed by atoms with Crippen molar-refractivity contribution < 1.29 is 10.2 Å². The van der Waals surface area contributed by atoms with Crippen LogP contribution in [0.5, 0.6) is 0 Å². The van der Waals surface area contributed by atoms with Crippen LogP contribution in [0.2, 0.25) is 0 Å². The largest absolute Gasteiger partial charge is 0.396 e. The van der Waals surface area contributed by atoms with Crippen LogP contribution in [0, 0.1) is 5.41 Å². The molecule has 0 radical (unpaired) electrons. The van der Waals surface area contributed by atoms with E-state index in [0.29, 0.717) is 0 Å². The van der Waals surface area contributed by atoms with Gasteiger partial charge in [-0.25, -0.2) is 0 Å². The maximum Gasteiger partial charge on any atom is 0.0618 e. The van der Waals surface area contributed by atoms with Gasteiger partial charge in [-0.05, 0) is 19.3 Å². The summed E-state index contributed by atoms with van der Waals surface area (Å²) in [5, 5.41) is 18.4. The monoisotopic (exact) mass is 144 g/mol. The Morgan fingerprint density at radius 2 is 2.10 bits per heavy atom. The lowest BCUT2D eigenvalue weighted by atomic mass is 9.97. The molecule has 0 saturated heterocycles. The van der Waals surface area contributed by atoms with E-state index in [2.05, 4.69) is 6.92 Å². The summed E-state index contributed by atoms with van der Waals surface area (Å²) in [4.78, 5) is 0. The van der Waals surface area contributed by atoms with E-state index in [9.17, 15) is 5.11 Å². The van der Waals surface area contributed by atoms with E-state index in [1.165, 1.54) is 0 Å². The normalized spacial score (nSPS) is 24.3. The van der Waals surface area contributed by atoms with Gasteiger partial charge in [-0.15, -0.1) is 0 Å². The first-order valence-electron chi connectivity index (χ1n) is 4.04.